The van der Waals surface area contributed by atoms with Crippen molar-refractivity contribution in [1.82, 2.24) is 19.5 Å². The summed E-state index contributed by atoms with van der Waals surface area (Å²) in [6.45, 7) is 5.87. The predicted molar refractivity (Wildman–Crippen MR) is 139 cm³/mol. The first-order valence-electron chi connectivity index (χ1n) is 10.3. The number of hydrogen-bond donors (Lipinski definition) is 1. The highest BCUT2D eigenvalue weighted by Gasteiger charge is 2.16. The van der Waals surface area contributed by atoms with Crippen LogP contribution >= 0.6 is 23.7 Å². The summed E-state index contributed by atoms with van der Waals surface area (Å²) in [5.74, 6) is -0.00263. The minimum Gasteiger partial charge on any atom is -0.302 e. The highest BCUT2D eigenvalue weighted by Crippen LogP contribution is 2.24. The van der Waals surface area contributed by atoms with Crippen LogP contribution in [0.4, 0.5) is 4.39 Å². The van der Waals surface area contributed by atoms with Crippen LogP contribution in [0, 0.1) is 5.82 Å². The second kappa shape index (κ2) is 12.1. The number of nitrogens with zero attached hydrogens (tertiary/aromatic N) is 5. The van der Waals surface area contributed by atoms with Crippen LogP contribution < -0.4 is 4.72 Å². The second-order valence-corrected chi connectivity index (χ2v) is 11.2. The van der Waals surface area contributed by atoms with Gasteiger partial charge in [-0.3, -0.25) is 9.52 Å². The Morgan fingerprint density at radius 2 is 1.83 bits per heavy atom. The van der Waals surface area contributed by atoms with Crippen LogP contribution in [0.3, 0.4) is 0 Å². The number of hydrogen-bond acceptors (Lipinski definition) is 9. The van der Waals surface area contributed by atoms with Gasteiger partial charge in [-0.15, -0.1) is 15.3 Å². The van der Waals surface area contributed by atoms with Crippen LogP contribution in [0.25, 0.3) is 11.4 Å². The SMILES string of the molecule is C=N/N=C(\SNC(=O)CSc1nnc(-c2ccc(F)cc2)n1CC)c1ccc(CS(C)(=O)=O)cc1. The lowest BCUT2D eigenvalue weighted by Crippen LogP contribution is -2.20. The molecule has 0 bridgehead atoms. The second-order valence-electron chi connectivity index (χ2n) is 7.29. The van der Waals surface area contributed by atoms with Gasteiger partial charge in [-0.25, -0.2) is 12.8 Å². The van der Waals surface area contributed by atoms with Gasteiger partial charge in [0, 0.05) is 42.6 Å². The molecule has 0 aliphatic heterocycles. The van der Waals surface area contributed by atoms with Crippen molar-refractivity contribution < 1.29 is 17.6 Å². The van der Waals surface area contributed by atoms with Gasteiger partial charge in [0.05, 0.1) is 11.5 Å². The van der Waals surface area contributed by atoms with Crippen LogP contribution in [0.1, 0.15) is 18.1 Å². The molecule has 9 nitrogen and oxygen atoms in total. The molecule has 0 saturated carbocycles. The quantitative estimate of drug-likeness (QED) is 0.147. The van der Waals surface area contributed by atoms with Crippen molar-refractivity contribution in [1.29, 1.82) is 0 Å². The van der Waals surface area contributed by atoms with Gasteiger partial charge in [0.15, 0.2) is 20.8 Å². The van der Waals surface area contributed by atoms with E-state index in [1.54, 1.807) is 36.4 Å². The topological polar surface area (TPSA) is 119 Å². The van der Waals surface area contributed by atoms with Crippen LogP contribution in [0.2, 0.25) is 0 Å². The minimum atomic E-state index is -3.14. The van der Waals surface area contributed by atoms with Gasteiger partial charge in [-0.1, -0.05) is 36.0 Å². The number of aromatic nitrogens is 3. The van der Waals surface area contributed by atoms with Crippen molar-refractivity contribution in [3.8, 4) is 11.4 Å². The zero-order valence-electron chi connectivity index (χ0n) is 19.0. The summed E-state index contributed by atoms with van der Waals surface area (Å²) in [5, 5.41) is 16.8. The molecular weight excluding hydrogens is 511 g/mol. The highest BCUT2D eigenvalue weighted by atomic mass is 32.2. The number of halogens is 1. The number of rotatable bonds is 9. The van der Waals surface area contributed by atoms with E-state index >= 15 is 0 Å². The van der Waals surface area contributed by atoms with Crippen molar-refractivity contribution in [2.45, 2.75) is 24.4 Å². The lowest BCUT2D eigenvalue weighted by atomic mass is 10.2. The number of benzene rings is 2. The van der Waals surface area contributed by atoms with Gasteiger partial charge < -0.3 is 4.57 Å². The van der Waals surface area contributed by atoms with E-state index < -0.39 is 9.84 Å². The molecular formula is C22H23FN6O3S3. The van der Waals surface area contributed by atoms with E-state index in [0.29, 0.717) is 33.7 Å². The summed E-state index contributed by atoms with van der Waals surface area (Å²) >= 11 is 2.21. The average Bonchev–Trinajstić information content (AvgIpc) is 3.23. The Bertz CT molecular complexity index is 1320. The molecule has 2 aromatic carbocycles. The average molecular weight is 535 g/mol. The minimum absolute atomic E-state index is 0.0637. The monoisotopic (exact) mass is 534 g/mol. The van der Waals surface area contributed by atoms with Crippen LogP contribution in [0.15, 0.2) is 63.9 Å². The first-order chi connectivity index (χ1) is 16.7. The molecule has 0 saturated heterocycles. The molecule has 0 spiro atoms. The van der Waals surface area contributed by atoms with E-state index in [1.807, 2.05) is 11.5 Å². The molecule has 0 atom stereocenters. The molecule has 0 aliphatic carbocycles. The maximum Gasteiger partial charge on any atom is 0.240 e. The first-order valence-corrected chi connectivity index (χ1v) is 14.1. The summed E-state index contributed by atoms with van der Waals surface area (Å²) in [7, 11) is -3.14. The zero-order valence-corrected chi connectivity index (χ0v) is 21.5. The molecule has 0 fully saturated rings. The number of sulfone groups is 1. The third kappa shape index (κ3) is 7.73. The molecule has 1 heterocycles. The number of carbonyl (C=O) groups excluding carboxylic acids is 1. The Kier molecular flexibility index (Phi) is 9.18. The largest absolute Gasteiger partial charge is 0.302 e. The van der Waals surface area contributed by atoms with E-state index in [9.17, 15) is 17.6 Å². The third-order valence-corrected chi connectivity index (χ3v) is 7.19. The van der Waals surface area contributed by atoms with E-state index in [-0.39, 0.29) is 23.2 Å². The maximum absolute atomic E-state index is 13.2. The fourth-order valence-electron chi connectivity index (χ4n) is 3.01. The maximum atomic E-state index is 13.2. The number of nitrogens with one attached hydrogen (secondary N) is 1. The fraction of sp³-hybridized carbons (Fsp3) is 0.227. The lowest BCUT2D eigenvalue weighted by Gasteiger charge is -2.09. The van der Waals surface area contributed by atoms with Crippen molar-refractivity contribution in [3.63, 3.8) is 0 Å². The van der Waals surface area contributed by atoms with Gasteiger partial charge >= 0.3 is 0 Å². The molecule has 0 aliphatic rings. The Morgan fingerprint density at radius 1 is 1.14 bits per heavy atom. The Hall–Kier alpha value is -3.03. The standard InChI is InChI=1S/C22H23FN6O3S3/c1-4-29-20(16-9-11-18(23)12-10-16)25-27-22(29)33-13-19(30)28-34-21(26-24-2)17-7-5-15(6-8-17)14-35(3,31)32/h5-12H,2,4,13-14H2,1,3H3,(H,28,30)/b26-21-. The fourth-order valence-corrected chi connectivity index (χ4v) is 5.33. The van der Waals surface area contributed by atoms with Gasteiger partial charge in [-0.05, 0) is 36.8 Å². The summed E-state index contributed by atoms with van der Waals surface area (Å²) in [5.41, 5.74) is 2.03. The molecule has 1 N–H and O–H groups in total. The van der Waals surface area contributed by atoms with Gasteiger partial charge in [0.2, 0.25) is 5.91 Å². The molecule has 35 heavy (non-hydrogen) atoms. The summed E-state index contributed by atoms with van der Waals surface area (Å²) in [6.07, 6.45) is 1.17. The Balaban J connectivity index is 1.60. The van der Waals surface area contributed by atoms with E-state index in [4.69, 9.17) is 0 Å². The Morgan fingerprint density at radius 3 is 2.43 bits per heavy atom. The van der Waals surface area contributed by atoms with Crippen LogP contribution in [-0.4, -0.2) is 52.9 Å². The van der Waals surface area contributed by atoms with E-state index in [1.165, 1.54) is 30.2 Å². The third-order valence-electron chi connectivity index (χ3n) is 4.52. The van der Waals surface area contributed by atoms with Crippen molar-refractivity contribution in [2.75, 3.05) is 12.0 Å². The number of carbonyl (C=O) groups is 1. The van der Waals surface area contributed by atoms with Crippen molar-refractivity contribution in [3.05, 3.63) is 65.5 Å². The highest BCUT2D eigenvalue weighted by molar-refractivity contribution is 8.13. The number of amides is 1. The van der Waals surface area contributed by atoms with Gasteiger partial charge in [0.1, 0.15) is 10.9 Å². The smallest absolute Gasteiger partial charge is 0.240 e. The molecule has 0 unspecified atom stereocenters. The van der Waals surface area contributed by atoms with Gasteiger partial charge in [0.25, 0.3) is 0 Å². The summed E-state index contributed by atoms with van der Waals surface area (Å²) in [6, 6.07) is 12.8. The Labute approximate surface area is 211 Å². The van der Waals surface area contributed by atoms with Crippen molar-refractivity contribution >= 4 is 51.2 Å². The molecule has 3 rings (SSSR count). The zero-order chi connectivity index (χ0) is 25.4. The van der Waals surface area contributed by atoms with Crippen molar-refractivity contribution in [2.24, 2.45) is 10.2 Å². The molecule has 3 aromatic rings. The van der Waals surface area contributed by atoms with Crippen LogP contribution in [0.5, 0.6) is 0 Å². The lowest BCUT2D eigenvalue weighted by molar-refractivity contribution is -0.116. The van der Waals surface area contributed by atoms with Crippen LogP contribution in [-0.2, 0) is 26.9 Å². The number of thioether (sulfide) groups is 1. The summed E-state index contributed by atoms with van der Waals surface area (Å²) < 4.78 is 40.7. The van der Waals surface area contributed by atoms with Gasteiger partial charge in [-0.2, -0.15) is 5.10 Å². The molecule has 184 valence electrons. The predicted octanol–water partition coefficient (Wildman–Crippen LogP) is 3.57. The molecule has 1 amide bonds. The molecule has 13 heteroatoms. The molecule has 0 radical (unpaired) electrons. The van der Waals surface area contributed by atoms with E-state index in [0.717, 1.165) is 17.5 Å². The molecule has 1 aromatic heterocycles. The summed E-state index contributed by atoms with van der Waals surface area (Å²) in [4.78, 5) is 12.5. The first kappa shape index (κ1) is 26.6. The normalized spacial score (nSPS) is 11.9. The van der Waals surface area contributed by atoms with E-state index in [2.05, 4.69) is 31.8 Å².